The van der Waals surface area contributed by atoms with E-state index in [1.165, 1.54) is 12.2 Å². The summed E-state index contributed by atoms with van der Waals surface area (Å²) in [5, 5.41) is 0. The molecule has 0 spiro atoms. The normalized spacial score (nSPS) is 21.8. The molecule has 0 aliphatic carbocycles. The lowest BCUT2D eigenvalue weighted by Crippen LogP contribution is -2.47. The zero-order valence-electron chi connectivity index (χ0n) is 9.40. The number of ether oxygens (including phenoxy) is 1. The predicted molar refractivity (Wildman–Crippen MR) is 65.0 cm³/mol. The van der Waals surface area contributed by atoms with E-state index in [0.29, 0.717) is 19.2 Å². The lowest BCUT2D eigenvalue weighted by atomic mass is 10.2. The molecule has 0 radical (unpaired) electrons. The molecule has 1 atom stereocenters. The smallest absolute Gasteiger partial charge is 0.208 e. The zero-order valence-corrected chi connectivity index (χ0v) is 10.2. The average Bonchev–Trinajstić information content (AvgIpc) is 2.77. The minimum absolute atomic E-state index is 0.548. The van der Waals surface area contributed by atoms with E-state index in [-0.39, 0.29) is 0 Å². The SMILES string of the molecule is COCCN=C(NN)N(C)C1CCSC1. The van der Waals surface area contributed by atoms with Crippen molar-refractivity contribution in [3.8, 4) is 0 Å². The number of guanidine groups is 1. The number of rotatable bonds is 4. The van der Waals surface area contributed by atoms with Crippen LogP contribution in [0.2, 0.25) is 0 Å². The van der Waals surface area contributed by atoms with E-state index in [2.05, 4.69) is 15.3 Å². The second-order valence-electron chi connectivity index (χ2n) is 3.47. The van der Waals surface area contributed by atoms with Gasteiger partial charge in [0.05, 0.1) is 13.2 Å². The van der Waals surface area contributed by atoms with Gasteiger partial charge in [0, 0.05) is 26.0 Å². The van der Waals surface area contributed by atoms with Gasteiger partial charge in [0.25, 0.3) is 0 Å². The van der Waals surface area contributed by atoms with E-state index < -0.39 is 0 Å². The third-order valence-electron chi connectivity index (χ3n) is 2.47. The Kier molecular flexibility index (Phi) is 5.82. The molecule has 5 nitrogen and oxygen atoms in total. The Morgan fingerprint density at radius 3 is 3.07 bits per heavy atom. The summed E-state index contributed by atoms with van der Waals surface area (Å²) < 4.78 is 4.94. The summed E-state index contributed by atoms with van der Waals surface area (Å²) >= 11 is 1.98. The summed E-state index contributed by atoms with van der Waals surface area (Å²) in [6.07, 6.45) is 1.20. The highest BCUT2D eigenvalue weighted by Crippen LogP contribution is 2.21. The van der Waals surface area contributed by atoms with Gasteiger partial charge in [-0.25, -0.2) is 10.8 Å². The first-order valence-corrected chi connectivity index (χ1v) is 6.25. The molecule has 0 saturated carbocycles. The maximum atomic E-state index is 5.45. The van der Waals surface area contributed by atoms with Crippen LogP contribution in [-0.4, -0.2) is 55.7 Å². The first-order chi connectivity index (χ1) is 7.29. The minimum Gasteiger partial charge on any atom is -0.383 e. The Bertz CT molecular complexity index is 206. The van der Waals surface area contributed by atoms with Gasteiger partial charge >= 0.3 is 0 Å². The molecular weight excluding hydrogens is 212 g/mol. The van der Waals surface area contributed by atoms with E-state index >= 15 is 0 Å². The number of nitrogens with one attached hydrogen (secondary N) is 1. The van der Waals surface area contributed by atoms with Gasteiger partial charge in [0.1, 0.15) is 0 Å². The molecular formula is C9H20N4OS. The number of hydrogen-bond acceptors (Lipinski definition) is 4. The maximum Gasteiger partial charge on any atom is 0.208 e. The number of aliphatic imine (C=N–C) groups is 1. The van der Waals surface area contributed by atoms with Crippen molar-refractivity contribution in [3.63, 3.8) is 0 Å². The van der Waals surface area contributed by atoms with Gasteiger partial charge in [0.15, 0.2) is 0 Å². The Balaban J connectivity index is 2.44. The van der Waals surface area contributed by atoms with Crippen molar-refractivity contribution in [2.24, 2.45) is 10.8 Å². The molecule has 1 rings (SSSR count). The van der Waals surface area contributed by atoms with Crippen LogP contribution in [0.4, 0.5) is 0 Å². The molecule has 1 unspecified atom stereocenters. The predicted octanol–water partition coefficient (Wildman–Crippen LogP) is -0.111. The molecule has 0 aromatic heterocycles. The van der Waals surface area contributed by atoms with Crippen molar-refractivity contribution in [2.45, 2.75) is 12.5 Å². The summed E-state index contributed by atoms with van der Waals surface area (Å²) in [7, 11) is 3.70. The lowest BCUT2D eigenvalue weighted by molar-refractivity contribution is 0.207. The largest absolute Gasteiger partial charge is 0.383 e. The number of nitrogens with zero attached hydrogens (tertiary/aromatic N) is 2. The topological polar surface area (TPSA) is 62.9 Å². The third kappa shape index (κ3) is 3.89. The second-order valence-corrected chi connectivity index (χ2v) is 4.62. The first-order valence-electron chi connectivity index (χ1n) is 5.10. The fraction of sp³-hybridized carbons (Fsp3) is 0.889. The summed E-state index contributed by atoms with van der Waals surface area (Å²) in [4.78, 5) is 6.47. The number of thioether (sulfide) groups is 1. The van der Waals surface area contributed by atoms with Crippen LogP contribution in [-0.2, 0) is 4.74 Å². The first kappa shape index (κ1) is 12.6. The van der Waals surface area contributed by atoms with Crippen molar-refractivity contribution in [2.75, 3.05) is 38.8 Å². The van der Waals surface area contributed by atoms with Crippen LogP contribution < -0.4 is 11.3 Å². The quantitative estimate of drug-likeness (QED) is 0.233. The summed E-state index contributed by atoms with van der Waals surface area (Å²) in [5.41, 5.74) is 2.65. The van der Waals surface area contributed by atoms with Crippen LogP contribution >= 0.6 is 11.8 Å². The van der Waals surface area contributed by atoms with Gasteiger partial charge in [-0.3, -0.25) is 5.43 Å². The third-order valence-corrected chi connectivity index (χ3v) is 3.62. The average molecular weight is 232 g/mol. The molecule has 15 heavy (non-hydrogen) atoms. The Morgan fingerprint density at radius 2 is 2.53 bits per heavy atom. The van der Waals surface area contributed by atoms with Crippen LogP contribution in [0, 0.1) is 0 Å². The lowest BCUT2D eigenvalue weighted by Gasteiger charge is -2.26. The minimum atomic E-state index is 0.548. The summed E-state index contributed by atoms with van der Waals surface area (Å²) in [6.45, 7) is 1.26. The van der Waals surface area contributed by atoms with Gasteiger partial charge in [-0.2, -0.15) is 11.8 Å². The molecule has 1 fully saturated rings. The van der Waals surface area contributed by atoms with Gasteiger partial charge in [0.2, 0.25) is 5.96 Å². The molecule has 0 aromatic carbocycles. The number of hydrazine groups is 1. The fourth-order valence-corrected chi connectivity index (χ4v) is 2.77. The van der Waals surface area contributed by atoms with E-state index in [0.717, 1.165) is 11.7 Å². The van der Waals surface area contributed by atoms with Gasteiger partial charge in [-0.05, 0) is 12.2 Å². The van der Waals surface area contributed by atoms with Gasteiger partial charge < -0.3 is 9.64 Å². The number of hydrogen-bond donors (Lipinski definition) is 2. The molecule has 1 aliphatic heterocycles. The van der Waals surface area contributed by atoms with Crippen LogP contribution in [0.5, 0.6) is 0 Å². The molecule has 1 heterocycles. The Hall–Kier alpha value is -0.460. The van der Waals surface area contributed by atoms with E-state index in [1.54, 1.807) is 7.11 Å². The van der Waals surface area contributed by atoms with E-state index in [4.69, 9.17) is 10.6 Å². The highest BCUT2D eigenvalue weighted by molar-refractivity contribution is 7.99. The van der Waals surface area contributed by atoms with E-state index in [1.807, 2.05) is 18.8 Å². The molecule has 88 valence electrons. The molecule has 3 N–H and O–H groups in total. The monoisotopic (exact) mass is 232 g/mol. The Morgan fingerprint density at radius 1 is 1.73 bits per heavy atom. The fourth-order valence-electron chi connectivity index (χ4n) is 1.50. The van der Waals surface area contributed by atoms with Crippen molar-refractivity contribution in [1.29, 1.82) is 0 Å². The molecule has 6 heteroatoms. The highest BCUT2D eigenvalue weighted by Gasteiger charge is 2.21. The number of methoxy groups -OCH3 is 1. The van der Waals surface area contributed by atoms with Crippen LogP contribution in [0.1, 0.15) is 6.42 Å². The van der Waals surface area contributed by atoms with Crippen molar-refractivity contribution >= 4 is 17.7 Å². The van der Waals surface area contributed by atoms with Gasteiger partial charge in [-0.15, -0.1) is 0 Å². The molecule has 1 saturated heterocycles. The summed E-state index contributed by atoms with van der Waals surface area (Å²) in [5.74, 6) is 8.58. The van der Waals surface area contributed by atoms with Crippen molar-refractivity contribution in [3.05, 3.63) is 0 Å². The number of nitrogens with two attached hydrogens (primary N) is 1. The van der Waals surface area contributed by atoms with Crippen molar-refractivity contribution in [1.82, 2.24) is 10.3 Å². The maximum absolute atomic E-state index is 5.45. The molecule has 0 amide bonds. The molecule has 0 bridgehead atoms. The second kappa shape index (κ2) is 6.92. The van der Waals surface area contributed by atoms with Crippen LogP contribution in [0.3, 0.4) is 0 Å². The van der Waals surface area contributed by atoms with Crippen LogP contribution in [0.15, 0.2) is 4.99 Å². The van der Waals surface area contributed by atoms with Crippen LogP contribution in [0.25, 0.3) is 0 Å². The molecule has 1 aliphatic rings. The van der Waals surface area contributed by atoms with Gasteiger partial charge in [-0.1, -0.05) is 0 Å². The van der Waals surface area contributed by atoms with E-state index in [9.17, 15) is 0 Å². The standard InChI is InChI=1S/C9H20N4OS/c1-13(8-3-6-15-7-8)9(12-10)11-4-5-14-2/h8H,3-7,10H2,1-2H3,(H,11,12). The van der Waals surface area contributed by atoms with Crippen molar-refractivity contribution < 1.29 is 4.74 Å². The summed E-state index contributed by atoms with van der Waals surface area (Å²) in [6, 6.07) is 0.548. The Labute approximate surface area is 95.4 Å². The molecule has 0 aromatic rings. The highest BCUT2D eigenvalue weighted by atomic mass is 32.2. The zero-order chi connectivity index (χ0) is 11.1.